The molecule has 2 N–H and O–H groups in total. The van der Waals surface area contributed by atoms with Crippen LogP contribution in [0.25, 0.3) is 16.7 Å². The topological polar surface area (TPSA) is 106 Å². The third-order valence-electron chi connectivity index (χ3n) is 5.34. The lowest BCUT2D eigenvalue weighted by atomic mass is 10.2. The van der Waals surface area contributed by atoms with E-state index in [-0.39, 0.29) is 17.9 Å². The average Bonchev–Trinajstić information content (AvgIpc) is 3.33. The standard InChI is InChI=1S/C26H22N6O2S/c33-24(29-19-8-10-21(11-9-19)35-17-18-5-4-14-27-15-18)13-12-23-30-25-22(26(34)31-23)16-28-32(25)20-6-2-1-3-7-20/h1-11,14-16H,12-13,17H2,(H,29,33)(H,30,31,34). The summed E-state index contributed by atoms with van der Waals surface area (Å²) in [5.74, 6) is 1.12. The Morgan fingerprint density at radius 2 is 1.83 bits per heavy atom. The quantitative estimate of drug-likeness (QED) is 0.318. The fourth-order valence-corrected chi connectivity index (χ4v) is 4.41. The molecule has 174 valence electrons. The van der Waals surface area contributed by atoms with Gasteiger partial charge in [-0.2, -0.15) is 5.10 Å². The van der Waals surface area contributed by atoms with Gasteiger partial charge >= 0.3 is 0 Å². The van der Waals surface area contributed by atoms with Crippen molar-refractivity contribution in [3.8, 4) is 5.69 Å². The molecule has 0 unspecified atom stereocenters. The molecule has 3 aromatic heterocycles. The van der Waals surface area contributed by atoms with Gasteiger partial charge in [0.15, 0.2) is 5.65 Å². The molecule has 1 amide bonds. The van der Waals surface area contributed by atoms with Crippen molar-refractivity contribution >= 4 is 34.4 Å². The Kier molecular flexibility index (Phi) is 6.67. The summed E-state index contributed by atoms with van der Waals surface area (Å²) in [5.41, 5.74) is 2.89. The molecule has 5 aromatic rings. The van der Waals surface area contributed by atoms with E-state index in [0.29, 0.717) is 23.3 Å². The van der Waals surface area contributed by atoms with Crippen LogP contribution in [0.1, 0.15) is 17.8 Å². The molecule has 0 bridgehead atoms. The molecule has 0 saturated carbocycles. The van der Waals surface area contributed by atoms with Crippen LogP contribution in [0.15, 0.2) is 95.0 Å². The maximum Gasteiger partial charge on any atom is 0.262 e. The molecule has 0 spiro atoms. The number of hydrogen-bond donors (Lipinski definition) is 2. The molecule has 2 aromatic carbocycles. The summed E-state index contributed by atoms with van der Waals surface area (Å²) in [7, 11) is 0. The Labute approximate surface area is 205 Å². The monoisotopic (exact) mass is 482 g/mol. The summed E-state index contributed by atoms with van der Waals surface area (Å²) >= 11 is 1.71. The van der Waals surface area contributed by atoms with E-state index in [0.717, 1.165) is 27.6 Å². The number of aromatic nitrogens is 5. The number of nitrogens with zero attached hydrogens (tertiary/aromatic N) is 4. The summed E-state index contributed by atoms with van der Waals surface area (Å²) in [6.45, 7) is 0. The first-order valence-corrected chi connectivity index (χ1v) is 12.1. The number of aryl methyl sites for hydroxylation is 1. The fraction of sp³-hybridized carbons (Fsp3) is 0.115. The highest BCUT2D eigenvalue weighted by molar-refractivity contribution is 7.98. The van der Waals surface area contributed by atoms with Gasteiger partial charge in [-0.15, -0.1) is 11.8 Å². The van der Waals surface area contributed by atoms with Crippen molar-refractivity contribution in [2.45, 2.75) is 23.5 Å². The molecular weight excluding hydrogens is 460 g/mol. The van der Waals surface area contributed by atoms with Crippen molar-refractivity contribution in [3.05, 3.63) is 107 Å². The zero-order valence-electron chi connectivity index (χ0n) is 18.7. The van der Waals surface area contributed by atoms with E-state index in [1.807, 2.05) is 72.9 Å². The average molecular weight is 483 g/mol. The summed E-state index contributed by atoms with van der Waals surface area (Å²) < 4.78 is 1.63. The number of aromatic amines is 1. The third-order valence-corrected chi connectivity index (χ3v) is 6.43. The Morgan fingerprint density at radius 1 is 1.00 bits per heavy atom. The lowest BCUT2D eigenvalue weighted by Crippen LogP contribution is -2.16. The molecule has 0 fully saturated rings. The number of para-hydroxylation sites is 1. The minimum absolute atomic E-state index is 0.153. The predicted octanol–water partition coefficient (Wildman–Crippen LogP) is 4.37. The van der Waals surface area contributed by atoms with E-state index < -0.39 is 0 Å². The number of fused-ring (bicyclic) bond motifs is 1. The molecule has 9 heteroatoms. The van der Waals surface area contributed by atoms with Crippen LogP contribution in [0, 0.1) is 0 Å². The van der Waals surface area contributed by atoms with Gasteiger partial charge in [0.2, 0.25) is 5.91 Å². The fourth-order valence-electron chi connectivity index (χ4n) is 3.58. The molecule has 3 heterocycles. The van der Waals surface area contributed by atoms with E-state index in [1.165, 1.54) is 6.20 Å². The number of H-pyrrole nitrogens is 1. The number of benzene rings is 2. The van der Waals surface area contributed by atoms with Crippen molar-refractivity contribution in [1.82, 2.24) is 24.7 Å². The Bertz CT molecular complexity index is 1500. The van der Waals surface area contributed by atoms with Crippen LogP contribution >= 0.6 is 11.8 Å². The van der Waals surface area contributed by atoms with E-state index >= 15 is 0 Å². The first-order valence-electron chi connectivity index (χ1n) is 11.1. The summed E-state index contributed by atoms with van der Waals surface area (Å²) in [5, 5.41) is 7.61. The number of thioether (sulfide) groups is 1. The second kappa shape index (κ2) is 10.4. The van der Waals surface area contributed by atoms with Gasteiger partial charge in [0, 0.05) is 41.6 Å². The van der Waals surface area contributed by atoms with Crippen LogP contribution in [-0.4, -0.2) is 30.6 Å². The minimum atomic E-state index is -0.271. The van der Waals surface area contributed by atoms with Crippen LogP contribution in [0.5, 0.6) is 0 Å². The second-order valence-electron chi connectivity index (χ2n) is 7.86. The molecule has 0 saturated heterocycles. The van der Waals surface area contributed by atoms with E-state index in [1.54, 1.807) is 22.6 Å². The maximum atomic E-state index is 12.5. The summed E-state index contributed by atoms with van der Waals surface area (Å²) in [6.07, 6.45) is 5.61. The zero-order chi connectivity index (χ0) is 24.0. The van der Waals surface area contributed by atoms with Crippen LogP contribution in [-0.2, 0) is 17.0 Å². The Morgan fingerprint density at radius 3 is 2.60 bits per heavy atom. The number of amides is 1. The molecule has 35 heavy (non-hydrogen) atoms. The first-order chi connectivity index (χ1) is 17.2. The number of pyridine rings is 1. The molecule has 8 nitrogen and oxygen atoms in total. The lowest BCUT2D eigenvalue weighted by molar-refractivity contribution is -0.116. The van der Waals surface area contributed by atoms with Crippen LogP contribution in [0.2, 0.25) is 0 Å². The van der Waals surface area contributed by atoms with Gasteiger partial charge in [-0.05, 0) is 48.0 Å². The van der Waals surface area contributed by atoms with Gasteiger partial charge in [-0.1, -0.05) is 24.3 Å². The van der Waals surface area contributed by atoms with Crippen molar-refractivity contribution in [2.24, 2.45) is 0 Å². The van der Waals surface area contributed by atoms with Crippen LogP contribution in [0.3, 0.4) is 0 Å². The molecule has 5 rings (SSSR count). The van der Waals surface area contributed by atoms with Gasteiger partial charge in [-0.3, -0.25) is 14.6 Å². The predicted molar refractivity (Wildman–Crippen MR) is 137 cm³/mol. The highest BCUT2D eigenvalue weighted by Gasteiger charge is 2.12. The van der Waals surface area contributed by atoms with Crippen molar-refractivity contribution in [1.29, 1.82) is 0 Å². The van der Waals surface area contributed by atoms with Gasteiger partial charge in [0.05, 0.1) is 11.9 Å². The van der Waals surface area contributed by atoms with E-state index in [2.05, 4.69) is 25.4 Å². The zero-order valence-corrected chi connectivity index (χ0v) is 19.5. The van der Waals surface area contributed by atoms with E-state index in [4.69, 9.17) is 0 Å². The van der Waals surface area contributed by atoms with Gasteiger partial charge < -0.3 is 10.3 Å². The third kappa shape index (κ3) is 5.47. The number of anilines is 1. The first kappa shape index (κ1) is 22.5. The number of rotatable bonds is 8. The largest absolute Gasteiger partial charge is 0.326 e. The minimum Gasteiger partial charge on any atom is -0.326 e. The van der Waals surface area contributed by atoms with Crippen LogP contribution in [0.4, 0.5) is 5.69 Å². The Hall–Kier alpha value is -4.24. The second-order valence-corrected chi connectivity index (χ2v) is 8.91. The number of nitrogens with one attached hydrogen (secondary N) is 2. The highest BCUT2D eigenvalue weighted by atomic mass is 32.2. The van der Waals surface area contributed by atoms with Crippen molar-refractivity contribution < 1.29 is 4.79 Å². The summed E-state index contributed by atoms with van der Waals surface area (Å²) in [4.78, 5) is 37.6. The SMILES string of the molecule is O=C(CCc1nc2c(cnn2-c2ccccc2)c(=O)[nH]1)Nc1ccc(SCc2cccnc2)cc1. The van der Waals surface area contributed by atoms with Gasteiger partial charge in [0.25, 0.3) is 5.56 Å². The molecule has 0 atom stereocenters. The number of hydrogen-bond acceptors (Lipinski definition) is 6. The van der Waals surface area contributed by atoms with Crippen LogP contribution < -0.4 is 10.9 Å². The molecular formula is C26H22N6O2S. The van der Waals surface area contributed by atoms with Crippen molar-refractivity contribution in [2.75, 3.05) is 5.32 Å². The summed E-state index contributed by atoms with van der Waals surface area (Å²) in [6, 6.07) is 21.2. The van der Waals surface area contributed by atoms with Gasteiger partial charge in [0.1, 0.15) is 11.2 Å². The van der Waals surface area contributed by atoms with E-state index in [9.17, 15) is 9.59 Å². The smallest absolute Gasteiger partial charge is 0.262 e. The molecule has 0 aliphatic rings. The highest BCUT2D eigenvalue weighted by Crippen LogP contribution is 2.24. The number of carbonyl (C=O) groups excluding carboxylic acids is 1. The molecule has 0 aliphatic heterocycles. The Balaban J connectivity index is 1.20. The molecule has 0 radical (unpaired) electrons. The number of carbonyl (C=O) groups is 1. The maximum absolute atomic E-state index is 12.5. The normalized spacial score (nSPS) is 11.0. The van der Waals surface area contributed by atoms with Crippen molar-refractivity contribution in [3.63, 3.8) is 0 Å². The molecule has 0 aliphatic carbocycles. The van der Waals surface area contributed by atoms with Gasteiger partial charge in [-0.25, -0.2) is 9.67 Å². The lowest BCUT2D eigenvalue weighted by Gasteiger charge is -2.07.